The van der Waals surface area contributed by atoms with Crippen LogP contribution in [0, 0.1) is 6.92 Å². The number of thioether (sulfide) groups is 1. The second-order valence-corrected chi connectivity index (χ2v) is 4.74. The van der Waals surface area contributed by atoms with Gasteiger partial charge in [-0.15, -0.1) is 10.2 Å². The normalized spacial score (nSPS) is 10.9. The molecule has 1 heterocycles. The molecule has 0 amide bonds. The van der Waals surface area contributed by atoms with Crippen LogP contribution in [0.3, 0.4) is 0 Å². The fourth-order valence-corrected chi connectivity index (χ4v) is 2.07. The standard InChI is InChI=1S/C10H18N4O2S/c1-7(2)16-9(15)6-17-10-13-12-8(3)14(10)5-4-11/h7H,4-6,11H2,1-3H3. The predicted molar refractivity (Wildman–Crippen MR) is 65.8 cm³/mol. The highest BCUT2D eigenvalue weighted by Gasteiger charge is 2.12. The number of carbonyl (C=O) groups excluding carboxylic acids is 1. The van der Waals surface area contributed by atoms with Gasteiger partial charge >= 0.3 is 5.97 Å². The predicted octanol–water partition coefficient (Wildman–Crippen LogP) is 0.589. The number of carbonyl (C=O) groups is 1. The van der Waals surface area contributed by atoms with Crippen molar-refractivity contribution in [2.24, 2.45) is 5.73 Å². The number of hydrogen-bond donors (Lipinski definition) is 1. The van der Waals surface area contributed by atoms with Gasteiger partial charge in [0.15, 0.2) is 5.16 Å². The number of esters is 1. The summed E-state index contributed by atoms with van der Waals surface area (Å²) in [4.78, 5) is 11.4. The highest BCUT2D eigenvalue weighted by molar-refractivity contribution is 7.99. The molecular formula is C10H18N4O2S. The number of rotatable bonds is 6. The number of aryl methyl sites for hydroxylation is 1. The first-order valence-electron chi connectivity index (χ1n) is 5.46. The van der Waals surface area contributed by atoms with Gasteiger partial charge in [-0.05, 0) is 20.8 Å². The van der Waals surface area contributed by atoms with E-state index in [1.54, 1.807) is 0 Å². The van der Waals surface area contributed by atoms with E-state index in [2.05, 4.69) is 10.2 Å². The van der Waals surface area contributed by atoms with Gasteiger partial charge in [0.05, 0.1) is 11.9 Å². The summed E-state index contributed by atoms with van der Waals surface area (Å²) in [6, 6.07) is 0. The maximum Gasteiger partial charge on any atom is 0.316 e. The van der Waals surface area contributed by atoms with Gasteiger partial charge in [-0.3, -0.25) is 4.79 Å². The molecule has 0 aliphatic heterocycles. The van der Waals surface area contributed by atoms with Crippen molar-refractivity contribution >= 4 is 17.7 Å². The van der Waals surface area contributed by atoms with E-state index in [0.717, 1.165) is 5.82 Å². The van der Waals surface area contributed by atoms with Crippen LogP contribution in [0.5, 0.6) is 0 Å². The first kappa shape index (κ1) is 14.0. The van der Waals surface area contributed by atoms with Gasteiger partial charge in [-0.2, -0.15) is 0 Å². The van der Waals surface area contributed by atoms with Crippen LogP contribution in [0.1, 0.15) is 19.7 Å². The lowest BCUT2D eigenvalue weighted by Gasteiger charge is -2.08. The molecule has 1 rings (SSSR count). The fourth-order valence-electron chi connectivity index (χ4n) is 1.28. The molecule has 0 radical (unpaired) electrons. The lowest BCUT2D eigenvalue weighted by atomic mass is 10.5. The molecule has 1 aromatic rings. The molecule has 0 saturated carbocycles. The van der Waals surface area contributed by atoms with Crippen molar-refractivity contribution in [3.8, 4) is 0 Å². The number of nitrogens with two attached hydrogens (primary N) is 1. The van der Waals surface area contributed by atoms with Crippen LogP contribution in [-0.4, -0.2) is 39.1 Å². The van der Waals surface area contributed by atoms with E-state index < -0.39 is 0 Å². The molecule has 17 heavy (non-hydrogen) atoms. The maximum absolute atomic E-state index is 11.4. The summed E-state index contributed by atoms with van der Waals surface area (Å²) in [5, 5.41) is 8.66. The minimum Gasteiger partial charge on any atom is -0.462 e. The van der Waals surface area contributed by atoms with Crippen LogP contribution in [0.2, 0.25) is 0 Å². The van der Waals surface area contributed by atoms with Crippen molar-refractivity contribution in [2.45, 2.75) is 38.6 Å². The molecule has 0 saturated heterocycles. The zero-order valence-corrected chi connectivity index (χ0v) is 11.2. The smallest absolute Gasteiger partial charge is 0.316 e. The molecule has 96 valence electrons. The number of nitrogens with zero attached hydrogens (tertiary/aromatic N) is 3. The molecule has 0 bridgehead atoms. The third-order valence-corrected chi connectivity index (χ3v) is 2.88. The van der Waals surface area contributed by atoms with E-state index in [1.165, 1.54) is 11.8 Å². The Labute approximate surface area is 105 Å². The van der Waals surface area contributed by atoms with Gasteiger partial charge in [0.1, 0.15) is 5.82 Å². The average molecular weight is 258 g/mol. The summed E-state index contributed by atoms with van der Waals surface area (Å²) >= 11 is 1.32. The first-order chi connectivity index (χ1) is 8.04. The van der Waals surface area contributed by atoms with Gasteiger partial charge in [-0.25, -0.2) is 0 Å². The molecule has 6 nitrogen and oxygen atoms in total. The van der Waals surface area contributed by atoms with Crippen LogP contribution in [0.15, 0.2) is 5.16 Å². The molecule has 1 aromatic heterocycles. The average Bonchev–Trinajstić information content (AvgIpc) is 2.57. The van der Waals surface area contributed by atoms with E-state index in [1.807, 2.05) is 25.3 Å². The van der Waals surface area contributed by atoms with E-state index in [4.69, 9.17) is 10.5 Å². The van der Waals surface area contributed by atoms with Gasteiger partial charge in [0.25, 0.3) is 0 Å². The van der Waals surface area contributed by atoms with E-state index in [9.17, 15) is 4.79 Å². The molecule has 0 fully saturated rings. The second-order valence-electron chi connectivity index (χ2n) is 3.80. The van der Waals surface area contributed by atoms with Crippen LogP contribution >= 0.6 is 11.8 Å². The lowest BCUT2D eigenvalue weighted by Crippen LogP contribution is -2.15. The molecular weight excluding hydrogens is 240 g/mol. The largest absolute Gasteiger partial charge is 0.462 e. The quantitative estimate of drug-likeness (QED) is 0.594. The van der Waals surface area contributed by atoms with Gasteiger partial charge < -0.3 is 15.0 Å². The minimum atomic E-state index is -0.245. The van der Waals surface area contributed by atoms with Crippen molar-refractivity contribution in [1.29, 1.82) is 0 Å². The summed E-state index contributed by atoms with van der Waals surface area (Å²) in [5.74, 6) is 0.793. The van der Waals surface area contributed by atoms with Crippen LogP contribution in [-0.2, 0) is 16.1 Å². The third-order valence-electron chi connectivity index (χ3n) is 1.94. The molecule has 0 aliphatic carbocycles. The topological polar surface area (TPSA) is 83.0 Å². The van der Waals surface area contributed by atoms with Crippen LogP contribution in [0.25, 0.3) is 0 Å². The molecule has 0 aromatic carbocycles. The second kappa shape index (κ2) is 6.61. The number of hydrogen-bond acceptors (Lipinski definition) is 6. The maximum atomic E-state index is 11.4. The molecule has 2 N–H and O–H groups in total. The Morgan fingerprint density at radius 1 is 1.53 bits per heavy atom. The van der Waals surface area contributed by atoms with E-state index in [-0.39, 0.29) is 17.8 Å². The van der Waals surface area contributed by atoms with E-state index >= 15 is 0 Å². The van der Waals surface area contributed by atoms with Crippen molar-refractivity contribution in [2.75, 3.05) is 12.3 Å². The Morgan fingerprint density at radius 3 is 2.82 bits per heavy atom. The lowest BCUT2D eigenvalue weighted by molar-refractivity contribution is -0.144. The summed E-state index contributed by atoms with van der Waals surface area (Å²) in [6.45, 7) is 6.68. The third kappa shape index (κ3) is 4.35. The molecule has 0 unspecified atom stereocenters. The Balaban J connectivity index is 2.54. The zero-order chi connectivity index (χ0) is 12.8. The Hall–Kier alpha value is -1.08. The monoisotopic (exact) mass is 258 g/mol. The summed E-state index contributed by atoms with van der Waals surface area (Å²) in [6.07, 6.45) is -0.0910. The molecule has 0 aliphatic rings. The van der Waals surface area contributed by atoms with Crippen molar-refractivity contribution in [1.82, 2.24) is 14.8 Å². The molecule has 7 heteroatoms. The van der Waals surface area contributed by atoms with E-state index in [0.29, 0.717) is 18.2 Å². The molecule has 0 atom stereocenters. The minimum absolute atomic E-state index is 0.0910. The number of ether oxygens (including phenoxy) is 1. The Morgan fingerprint density at radius 2 is 2.24 bits per heavy atom. The van der Waals surface area contributed by atoms with Crippen molar-refractivity contribution in [3.63, 3.8) is 0 Å². The van der Waals surface area contributed by atoms with Gasteiger partial charge in [-0.1, -0.05) is 11.8 Å². The first-order valence-corrected chi connectivity index (χ1v) is 6.45. The van der Waals surface area contributed by atoms with Crippen molar-refractivity contribution < 1.29 is 9.53 Å². The van der Waals surface area contributed by atoms with Crippen LogP contribution in [0.4, 0.5) is 0 Å². The summed E-state index contributed by atoms with van der Waals surface area (Å²) in [5.41, 5.74) is 5.50. The highest BCUT2D eigenvalue weighted by atomic mass is 32.2. The van der Waals surface area contributed by atoms with Crippen molar-refractivity contribution in [3.05, 3.63) is 5.82 Å². The van der Waals surface area contributed by atoms with Gasteiger partial charge in [0.2, 0.25) is 0 Å². The summed E-state index contributed by atoms with van der Waals surface area (Å²) in [7, 11) is 0. The SMILES string of the molecule is Cc1nnc(SCC(=O)OC(C)C)n1CCN. The summed E-state index contributed by atoms with van der Waals surface area (Å²) < 4.78 is 6.93. The Bertz CT molecular complexity index is 378. The number of aromatic nitrogens is 3. The Kier molecular flexibility index (Phi) is 5.43. The molecule has 0 spiro atoms. The van der Waals surface area contributed by atoms with Crippen LogP contribution < -0.4 is 5.73 Å². The van der Waals surface area contributed by atoms with Gasteiger partial charge in [0, 0.05) is 13.1 Å². The highest BCUT2D eigenvalue weighted by Crippen LogP contribution is 2.16. The fraction of sp³-hybridized carbons (Fsp3) is 0.700. The zero-order valence-electron chi connectivity index (χ0n) is 10.3.